The van der Waals surface area contributed by atoms with Crippen molar-refractivity contribution >= 4 is 45.9 Å². The molecule has 0 spiro atoms. The van der Waals surface area contributed by atoms with Crippen LogP contribution in [-0.4, -0.2) is 12.0 Å². The van der Waals surface area contributed by atoms with Crippen molar-refractivity contribution in [1.29, 1.82) is 0 Å². The highest BCUT2D eigenvalue weighted by Gasteiger charge is 2.12. The predicted molar refractivity (Wildman–Crippen MR) is 75.1 cm³/mol. The predicted octanol–water partition coefficient (Wildman–Crippen LogP) is 3.67. The Morgan fingerprint density at radius 1 is 1.35 bits per heavy atom. The highest BCUT2D eigenvalue weighted by molar-refractivity contribution is 7.07. The lowest BCUT2D eigenvalue weighted by atomic mass is 10.2. The standard InChI is InChI=1S/C11H11Cl2N3S/c1-16(4-8-5-17-6-15-8)11-9(12)2-7(14)3-10(11)13/h2-3,5-6H,4,14H2,1H3. The van der Waals surface area contributed by atoms with Gasteiger partial charge in [-0.3, -0.25) is 0 Å². The summed E-state index contributed by atoms with van der Waals surface area (Å²) in [6.45, 7) is 0.660. The molecule has 0 aliphatic heterocycles. The number of rotatable bonds is 3. The van der Waals surface area contributed by atoms with Gasteiger partial charge in [-0.15, -0.1) is 11.3 Å². The van der Waals surface area contributed by atoms with Gasteiger partial charge in [0.25, 0.3) is 0 Å². The van der Waals surface area contributed by atoms with Crippen LogP contribution in [-0.2, 0) is 6.54 Å². The maximum absolute atomic E-state index is 6.15. The molecule has 0 saturated carbocycles. The number of thiazole rings is 1. The maximum atomic E-state index is 6.15. The van der Waals surface area contributed by atoms with Gasteiger partial charge in [0.15, 0.2) is 0 Å². The van der Waals surface area contributed by atoms with Gasteiger partial charge in [-0.25, -0.2) is 4.98 Å². The molecule has 0 bridgehead atoms. The van der Waals surface area contributed by atoms with E-state index < -0.39 is 0 Å². The summed E-state index contributed by atoms with van der Waals surface area (Å²) in [6.07, 6.45) is 0. The van der Waals surface area contributed by atoms with Crippen LogP contribution in [0.25, 0.3) is 0 Å². The lowest BCUT2D eigenvalue weighted by molar-refractivity contribution is 0.895. The first-order valence-electron chi connectivity index (χ1n) is 4.90. The van der Waals surface area contributed by atoms with E-state index in [2.05, 4.69) is 4.98 Å². The fraction of sp³-hybridized carbons (Fsp3) is 0.182. The molecule has 1 aromatic heterocycles. The van der Waals surface area contributed by atoms with Crippen molar-refractivity contribution in [1.82, 2.24) is 4.98 Å². The molecule has 1 heterocycles. The van der Waals surface area contributed by atoms with Crippen molar-refractivity contribution in [2.75, 3.05) is 17.7 Å². The van der Waals surface area contributed by atoms with E-state index in [1.54, 1.807) is 29.0 Å². The fourth-order valence-electron chi connectivity index (χ4n) is 1.59. The van der Waals surface area contributed by atoms with Gasteiger partial charge >= 0.3 is 0 Å². The zero-order valence-corrected chi connectivity index (χ0v) is 11.5. The Hall–Kier alpha value is -0.970. The average Bonchev–Trinajstić information content (AvgIpc) is 2.68. The van der Waals surface area contributed by atoms with E-state index in [4.69, 9.17) is 28.9 Å². The van der Waals surface area contributed by atoms with E-state index in [-0.39, 0.29) is 0 Å². The highest BCUT2D eigenvalue weighted by Crippen LogP contribution is 2.35. The van der Waals surface area contributed by atoms with Crippen LogP contribution < -0.4 is 10.6 Å². The highest BCUT2D eigenvalue weighted by atomic mass is 35.5. The van der Waals surface area contributed by atoms with E-state index in [0.717, 1.165) is 11.4 Å². The van der Waals surface area contributed by atoms with E-state index in [1.807, 2.05) is 17.3 Å². The molecule has 0 radical (unpaired) electrons. The molecule has 17 heavy (non-hydrogen) atoms. The summed E-state index contributed by atoms with van der Waals surface area (Å²) in [5.74, 6) is 0. The molecular weight excluding hydrogens is 277 g/mol. The number of aromatic nitrogens is 1. The largest absolute Gasteiger partial charge is 0.399 e. The second-order valence-electron chi connectivity index (χ2n) is 3.67. The second-order valence-corrected chi connectivity index (χ2v) is 5.20. The SMILES string of the molecule is CN(Cc1cscn1)c1c(Cl)cc(N)cc1Cl. The molecule has 0 saturated heterocycles. The van der Waals surface area contributed by atoms with Crippen LogP contribution in [0.3, 0.4) is 0 Å². The van der Waals surface area contributed by atoms with Crippen molar-refractivity contribution in [3.63, 3.8) is 0 Å². The summed E-state index contributed by atoms with van der Waals surface area (Å²) >= 11 is 13.9. The zero-order chi connectivity index (χ0) is 12.4. The van der Waals surface area contributed by atoms with Crippen LogP contribution in [0.2, 0.25) is 10.0 Å². The van der Waals surface area contributed by atoms with Crippen molar-refractivity contribution in [2.45, 2.75) is 6.54 Å². The molecule has 2 rings (SSSR count). The van der Waals surface area contributed by atoms with Crippen LogP contribution in [0.1, 0.15) is 5.69 Å². The summed E-state index contributed by atoms with van der Waals surface area (Å²) in [4.78, 5) is 6.18. The lowest BCUT2D eigenvalue weighted by Gasteiger charge is -2.21. The molecule has 6 heteroatoms. The molecule has 0 atom stereocenters. The Bertz CT molecular complexity index is 490. The molecular formula is C11H11Cl2N3S. The number of nitrogens with two attached hydrogens (primary N) is 1. The van der Waals surface area contributed by atoms with Gasteiger partial charge in [-0.2, -0.15) is 0 Å². The number of nitrogen functional groups attached to an aromatic ring is 1. The van der Waals surface area contributed by atoms with Crippen LogP contribution in [0.15, 0.2) is 23.0 Å². The first kappa shape index (κ1) is 12.5. The van der Waals surface area contributed by atoms with Gasteiger partial charge < -0.3 is 10.6 Å². The molecule has 90 valence electrons. The maximum Gasteiger partial charge on any atom is 0.0795 e. The van der Waals surface area contributed by atoms with Gasteiger partial charge in [0.2, 0.25) is 0 Å². The number of anilines is 2. The summed E-state index contributed by atoms with van der Waals surface area (Å²) in [6, 6.07) is 3.39. The quantitative estimate of drug-likeness (QED) is 0.876. The van der Waals surface area contributed by atoms with Crippen LogP contribution in [0.5, 0.6) is 0 Å². The minimum atomic E-state index is 0.549. The normalized spacial score (nSPS) is 10.5. The number of hydrogen-bond acceptors (Lipinski definition) is 4. The van der Waals surface area contributed by atoms with Gasteiger partial charge in [-0.05, 0) is 12.1 Å². The van der Waals surface area contributed by atoms with Crippen molar-refractivity contribution in [2.24, 2.45) is 0 Å². The molecule has 0 aliphatic carbocycles. The van der Waals surface area contributed by atoms with E-state index >= 15 is 0 Å². The minimum absolute atomic E-state index is 0.549. The number of nitrogens with zero attached hydrogens (tertiary/aromatic N) is 2. The Balaban J connectivity index is 2.27. The molecule has 2 aromatic rings. The first-order valence-corrected chi connectivity index (χ1v) is 6.60. The topological polar surface area (TPSA) is 42.2 Å². The van der Waals surface area contributed by atoms with Gasteiger partial charge in [-0.1, -0.05) is 23.2 Å². The molecule has 1 aromatic carbocycles. The second kappa shape index (κ2) is 5.12. The van der Waals surface area contributed by atoms with Crippen molar-refractivity contribution in [3.05, 3.63) is 38.8 Å². The molecule has 3 nitrogen and oxygen atoms in total. The smallest absolute Gasteiger partial charge is 0.0795 e. The third kappa shape index (κ3) is 2.83. The monoisotopic (exact) mass is 287 g/mol. The summed E-state index contributed by atoms with van der Waals surface area (Å²) in [5, 5.41) is 3.09. The minimum Gasteiger partial charge on any atom is -0.399 e. The molecule has 0 unspecified atom stereocenters. The summed E-state index contributed by atoms with van der Waals surface area (Å²) < 4.78 is 0. The Kier molecular flexibility index (Phi) is 3.76. The van der Waals surface area contributed by atoms with Crippen LogP contribution >= 0.6 is 34.5 Å². The third-order valence-corrected chi connectivity index (χ3v) is 3.52. The number of halogens is 2. The summed E-state index contributed by atoms with van der Waals surface area (Å²) in [7, 11) is 1.92. The van der Waals surface area contributed by atoms with E-state index in [1.165, 1.54) is 0 Å². The molecule has 0 amide bonds. The fourth-order valence-corrected chi connectivity index (χ4v) is 2.93. The van der Waals surface area contributed by atoms with Crippen LogP contribution in [0.4, 0.5) is 11.4 Å². The van der Waals surface area contributed by atoms with Gasteiger partial charge in [0, 0.05) is 18.1 Å². The number of benzene rings is 1. The molecule has 0 fully saturated rings. The zero-order valence-electron chi connectivity index (χ0n) is 9.15. The molecule has 2 N–H and O–H groups in total. The van der Waals surface area contributed by atoms with Gasteiger partial charge in [0.05, 0.1) is 33.5 Å². The van der Waals surface area contributed by atoms with Crippen LogP contribution in [0, 0.1) is 0 Å². The van der Waals surface area contributed by atoms with Crippen molar-refractivity contribution in [3.8, 4) is 0 Å². The van der Waals surface area contributed by atoms with E-state index in [0.29, 0.717) is 22.3 Å². The first-order chi connectivity index (χ1) is 8.08. The Morgan fingerprint density at radius 2 is 2.00 bits per heavy atom. The average molecular weight is 288 g/mol. The van der Waals surface area contributed by atoms with Gasteiger partial charge in [0.1, 0.15) is 0 Å². The third-order valence-electron chi connectivity index (χ3n) is 2.30. The van der Waals surface area contributed by atoms with E-state index in [9.17, 15) is 0 Å². The lowest BCUT2D eigenvalue weighted by Crippen LogP contribution is -2.17. The number of hydrogen-bond donors (Lipinski definition) is 1. The molecule has 0 aliphatic rings. The Morgan fingerprint density at radius 3 is 2.53 bits per heavy atom. The Labute approximate surface area is 114 Å². The van der Waals surface area contributed by atoms with Crippen molar-refractivity contribution < 1.29 is 0 Å². The summed E-state index contributed by atoms with van der Waals surface area (Å²) in [5.41, 5.74) is 9.79.